The Morgan fingerprint density at radius 2 is 2.00 bits per heavy atom. The Balaban J connectivity index is 2.60. The number of hydrogen-bond acceptors (Lipinski definition) is 3. The molecule has 0 saturated heterocycles. The second kappa shape index (κ2) is 10.4. The van der Waals surface area contributed by atoms with E-state index in [1.165, 1.54) is 0 Å². The number of rotatable bonds is 10. The van der Waals surface area contributed by atoms with Crippen molar-refractivity contribution in [2.24, 2.45) is 5.73 Å². The summed E-state index contributed by atoms with van der Waals surface area (Å²) in [5.41, 5.74) is 6.70. The van der Waals surface area contributed by atoms with Crippen LogP contribution in [0.1, 0.15) is 38.7 Å². The fourth-order valence-corrected chi connectivity index (χ4v) is 2.09. The van der Waals surface area contributed by atoms with Gasteiger partial charge >= 0.3 is 0 Å². The van der Waals surface area contributed by atoms with Crippen molar-refractivity contribution in [1.29, 1.82) is 0 Å². The molecule has 0 saturated carbocycles. The SMILES string of the molecule is CCCCOC(C)C(=O)N(CCCN)Cc1ccccc1. The molecule has 0 aliphatic carbocycles. The number of benzene rings is 1. The van der Waals surface area contributed by atoms with Crippen molar-refractivity contribution in [2.45, 2.75) is 45.8 Å². The monoisotopic (exact) mass is 292 g/mol. The van der Waals surface area contributed by atoms with Gasteiger partial charge in [0, 0.05) is 19.7 Å². The molecule has 0 spiro atoms. The summed E-state index contributed by atoms with van der Waals surface area (Å²) in [6.07, 6.45) is 2.47. The van der Waals surface area contributed by atoms with Gasteiger partial charge in [-0.3, -0.25) is 4.79 Å². The second-order valence-corrected chi connectivity index (χ2v) is 5.25. The first-order valence-electron chi connectivity index (χ1n) is 7.83. The van der Waals surface area contributed by atoms with Gasteiger partial charge in [0.15, 0.2) is 0 Å². The topological polar surface area (TPSA) is 55.6 Å². The summed E-state index contributed by atoms with van der Waals surface area (Å²) in [6, 6.07) is 10.0. The molecule has 1 aromatic carbocycles. The van der Waals surface area contributed by atoms with Gasteiger partial charge in [0.25, 0.3) is 5.91 Å². The summed E-state index contributed by atoms with van der Waals surface area (Å²) in [7, 11) is 0. The van der Waals surface area contributed by atoms with Gasteiger partial charge in [-0.2, -0.15) is 0 Å². The molecule has 0 heterocycles. The molecule has 1 atom stereocenters. The van der Waals surface area contributed by atoms with Gasteiger partial charge in [-0.05, 0) is 31.9 Å². The zero-order valence-electron chi connectivity index (χ0n) is 13.3. The summed E-state index contributed by atoms with van der Waals surface area (Å²) in [5, 5.41) is 0. The molecule has 0 aliphatic rings. The van der Waals surface area contributed by atoms with Crippen LogP contribution >= 0.6 is 0 Å². The third kappa shape index (κ3) is 6.74. The Labute approximate surface area is 128 Å². The number of carbonyl (C=O) groups excluding carboxylic acids is 1. The van der Waals surface area contributed by atoms with Gasteiger partial charge < -0.3 is 15.4 Å². The predicted octanol–water partition coefficient (Wildman–Crippen LogP) is 2.57. The highest BCUT2D eigenvalue weighted by Gasteiger charge is 2.20. The van der Waals surface area contributed by atoms with Gasteiger partial charge in [-0.1, -0.05) is 43.7 Å². The molecular weight excluding hydrogens is 264 g/mol. The van der Waals surface area contributed by atoms with Gasteiger partial charge in [0.1, 0.15) is 6.10 Å². The maximum absolute atomic E-state index is 12.5. The molecule has 2 N–H and O–H groups in total. The average Bonchev–Trinajstić information content (AvgIpc) is 2.51. The standard InChI is InChI=1S/C17H28N2O2/c1-3-4-13-21-15(2)17(20)19(12-8-11-18)14-16-9-6-5-7-10-16/h5-7,9-10,15H,3-4,8,11-14,18H2,1-2H3. The van der Waals surface area contributed by atoms with E-state index in [0.29, 0.717) is 26.2 Å². The highest BCUT2D eigenvalue weighted by Crippen LogP contribution is 2.09. The van der Waals surface area contributed by atoms with Crippen molar-refractivity contribution >= 4 is 5.91 Å². The summed E-state index contributed by atoms with van der Waals surface area (Å²) < 4.78 is 5.62. The number of carbonyl (C=O) groups is 1. The minimum atomic E-state index is -0.391. The van der Waals surface area contributed by atoms with Crippen LogP contribution in [0.15, 0.2) is 30.3 Å². The summed E-state index contributed by atoms with van der Waals surface area (Å²) in [6.45, 7) is 6.45. The molecule has 4 nitrogen and oxygen atoms in total. The smallest absolute Gasteiger partial charge is 0.251 e. The van der Waals surface area contributed by atoms with Crippen molar-refractivity contribution in [3.05, 3.63) is 35.9 Å². The maximum atomic E-state index is 12.5. The van der Waals surface area contributed by atoms with E-state index in [4.69, 9.17) is 10.5 Å². The summed E-state index contributed by atoms with van der Waals surface area (Å²) in [5.74, 6) is 0.0448. The lowest BCUT2D eigenvalue weighted by Gasteiger charge is -2.26. The Kier molecular flexibility index (Phi) is 8.71. The molecule has 21 heavy (non-hydrogen) atoms. The van der Waals surface area contributed by atoms with Crippen LogP contribution in [0.25, 0.3) is 0 Å². The van der Waals surface area contributed by atoms with E-state index in [1.807, 2.05) is 42.2 Å². The molecule has 1 amide bonds. The van der Waals surface area contributed by atoms with Crippen LogP contribution in [0, 0.1) is 0 Å². The number of ether oxygens (including phenoxy) is 1. The number of nitrogens with zero attached hydrogens (tertiary/aromatic N) is 1. The second-order valence-electron chi connectivity index (χ2n) is 5.25. The van der Waals surface area contributed by atoms with E-state index in [0.717, 1.165) is 24.8 Å². The molecule has 0 fully saturated rings. The number of hydrogen-bond donors (Lipinski definition) is 1. The van der Waals surface area contributed by atoms with Crippen LogP contribution in [0.2, 0.25) is 0 Å². The lowest BCUT2D eigenvalue weighted by atomic mass is 10.2. The first-order chi connectivity index (χ1) is 10.2. The Morgan fingerprint density at radius 1 is 1.29 bits per heavy atom. The molecule has 1 rings (SSSR count). The molecule has 0 aliphatic heterocycles. The lowest BCUT2D eigenvalue weighted by Crippen LogP contribution is -2.40. The van der Waals surface area contributed by atoms with Crippen molar-refractivity contribution in [1.82, 2.24) is 4.90 Å². The Bertz CT molecular complexity index is 395. The average molecular weight is 292 g/mol. The van der Waals surface area contributed by atoms with E-state index in [2.05, 4.69) is 6.92 Å². The lowest BCUT2D eigenvalue weighted by molar-refractivity contribution is -0.143. The predicted molar refractivity (Wildman–Crippen MR) is 85.9 cm³/mol. The van der Waals surface area contributed by atoms with Crippen molar-refractivity contribution in [3.8, 4) is 0 Å². The number of nitrogens with two attached hydrogens (primary N) is 1. The van der Waals surface area contributed by atoms with Crippen molar-refractivity contribution < 1.29 is 9.53 Å². The Hall–Kier alpha value is -1.39. The highest BCUT2D eigenvalue weighted by atomic mass is 16.5. The molecule has 1 aromatic rings. The van der Waals surface area contributed by atoms with E-state index in [1.54, 1.807) is 0 Å². The number of unbranched alkanes of at least 4 members (excludes halogenated alkanes) is 1. The van der Waals surface area contributed by atoms with Crippen LogP contribution in [-0.4, -0.2) is 36.6 Å². The van der Waals surface area contributed by atoms with Crippen LogP contribution in [0.4, 0.5) is 0 Å². The van der Waals surface area contributed by atoms with Crippen LogP contribution in [-0.2, 0) is 16.1 Å². The summed E-state index contributed by atoms with van der Waals surface area (Å²) >= 11 is 0. The Morgan fingerprint density at radius 3 is 2.62 bits per heavy atom. The van der Waals surface area contributed by atoms with Gasteiger partial charge in [0.2, 0.25) is 0 Å². The normalized spacial score (nSPS) is 12.1. The van der Waals surface area contributed by atoms with Crippen LogP contribution < -0.4 is 5.73 Å². The molecular formula is C17H28N2O2. The third-order valence-corrected chi connectivity index (χ3v) is 3.37. The van der Waals surface area contributed by atoms with E-state index in [-0.39, 0.29) is 5.91 Å². The fourth-order valence-electron chi connectivity index (χ4n) is 2.09. The van der Waals surface area contributed by atoms with Gasteiger partial charge in [-0.25, -0.2) is 0 Å². The van der Waals surface area contributed by atoms with Crippen LogP contribution in [0.5, 0.6) is 0 Å². The minimum absolute atomic E-state index is 0.0448. The largest absolute Gasteiger partial charge is 0.369 e. The molecule has 0 radical (unpaired) electrons. The first-order valence-corrected chi connectivity index (χ1v) is 7.83. The van der Waals surface area contributed by atoms with E-state index in [9.17, 15) is 4.79 Å². The van der Waals surface area contributed by atoms with E-state index >= 15 is 0 Å². The minimum Gasteiger partial charge on any atom is -0.369 e. The molecule has 1 unspecified atom stereocenters. The van der Waals surface area contributed by atoms with E-state index < -0.39 is 6.10 Å². The van der Waals surface area contributed by atoms with Crippen molar-refractivity contribution in [3.63, 3.8) is 0 Å². The maximum Gasteiger partial charge on any atom is 0.251 e. The van der Waals surface area contributed by atoms with Crippen molar-refractivity contribution in [2.75, 3.05) is 19.7 Å². The van der Waals surface area contributed by atoms with Crippen LogP contribution in [0.3, 0.4) is 0 Å². The third-order valence-electron chi connectivity index (χ3n) is 3.37. The zero-order valence-corrected chi connectivity index (χ0v) is 13.3. The first kappa shape index (κ1) is 17.7. The summed E-state index contributed by atoms with van der Waals surface area (Å²) in [4.78, 5) is 14.4. The number of amides is 1. The molecule has 0 bridgehead atoms. The molecule has 4 heteroatoms. The fraction of sp³-hybridized carbons (Fsp3) is 0.588. The zero-order chi connectivity index (χ0) is 15.5. The van der Waals surface area contributed by atoms with Gasteiger partial charge in [-0.15, -0.1) is 0 Å². The highest BCUT2D eigenvalue weighted by molar-refractivity contribution is 5.80. The quantitative estimate of drug-likeness (QED) is 0.674. The molecule has 118 valence electrons. The molecule has 0 aromatic heterocycles. The van der Waals surface area contributed by atoms with Gasteiger partial charge in [0.05, 0.1) is 0 Å².